The number of nitrogens with zero attached hydrogens (tertiary/aromatic N) is 5. The molecule has 0 bridgehead atoms. The molecule has 0 saturated carbocycles. The summed E-state index contributed by atoms with van der Waals surface area (Å²) in [6.07, 6.45) is 7.17. The molecule has 2 fully saturated rings. The van der Waals surface area contributed by atoms with Gasteiger partial charge in [0.2, 0.25) is 0 Å². The number of fused-ring (bicyclic) bond motifs is 2. The van der Waals surface area contributed by atoms with E-state index >= 15 is 0 Å². The maximum absolute atomic E-state index is 13.7. The first-order valence-electron chi connectivity index (χ1n) is 14.0. The average molecular weight is 492 g/mol. The third-order valence-corrected chi connectivity index (χ3v) is 9.03. The number of rotatable bonds is 3. The molecule has 1 aliphatic carbocycles. The van der Waals surface area contributed by atoms with Gasteiger partial charge in [-0.1, -0.05) is 24.3 Å². The van der Waals surface area contributed by atoms with Crippen LogP contribution in [-0.2, 0) is 37.6 Å². The number of morpholine rings is 1. The zero-order chi connectivity index (χ0) is 24.8. The minimum Gasteiger partial charge on any atom is -0.373 e. The summed E-state index contributed by atoms with van der Waals surface area (Å²) in [4.78, 5) is 21.0. The van der Waals surface area contributed by atoms with Crippen LogP contribution in [0.3, 0.4) is 0 Å². The number of hydrogen-bond acceptors (Lipinski definition) is 5. The Morgan fingerprint density at radius 3 is 2.39 bits per heavy atom. The number of ether oxygens (including phenoxy) is 1. The van der Waals surface area contributed by atoms with E-state index in [2.05, 4.69) is 47.9 Å². The second-order valence-corrected chi connectivity index (χ2v) is 11.5. The average Bonchev–Trinajstić information content (AvgIpc) is 3.23. The molecule has 4 aliphatic rings. The monoisotopic (exact) mass is 491 g/mol. The van der Waals surface area contributed by atoms with Crippen LogP contribution >= 0.6 is 0 Å². The molecule has 1 amide bonds. The number of aryl methyl sites for hydroxylation is 1. The van der Waals surface area contributed by atoms with Crippen molar-refractivity contribution in [2.45, 2.75) is 83.2 Å². The zero-order valence-corrected chi connectivity index (χ0v) is 22.2. The van der Waals surface area contributed by atoms with Gasteiger partial charge < -0.3 is 9.64 Å². The van der Waals surface area contributed by atoms with Crippen molar-refractivity contribution < 1.29 is 9.53 Å². The molecule has 3 atom stereocenters. The largest absolute Gasteiger partial charge is 0.373 e. The van der Waals surface area contributed by atoms with Gasteiger partial charge in [-0.25, -0.2) is 0 Å². The smallest absolute Gasteiger partial charge is 0.274 e. The molecule has 0 N–H and O–H groups in total. The van der Waals surface area contributed by atoms with Gasteiger partial charge in [-0.2, -0.15) is 5.10 Å². The fourth-order valence-corrected chi connectivity index (χ4v) is 7.21. The van der Waals surface area contributed by atoms with Gasteiger partial charge in [0.05, 0.1) is 12.2 Å². The van der Waals surface area contributed by atoms with Gasteiger partial charge in [0.1, 0.15) is 0 Å². The summed E-state index contributed by atoms with van der Waals surface area (Å²) in [7, 11) is 2.01. The molecule has 6 rings (SSSR count). The minimum absolute atomic E-state index is 0.108. The second-order valence-electron chi connectivity index (χ2n) is 11.5. The van der Waals surface area contributed by atoms with Crippen molar-refractivity contribution in [2.75, 3.05) is 32.7 Å². The molecule has 2 aromatic rings. The van der Waals surface area contributed by atoms with E-state index in [1.54, 1.807) is 0 Å². The summed E-state index contributed by atoms with van der Waals surface area (Å²) in [5, 5.41) is 4.78. The number of benzene rings is 1. The highest BCUT2D eigenvalue weighted by molar-refractivity contribution is 5.94. The Morgan fingerprint density at radius 1 is 0.917 bits per heavy atom. The predicted octanol–water partition coefficient (Wildman–Crippen LogP) is 3.05. The number of carbonyl (C=O) groups excluding carboxylic acids is 1. The minimum atomic E-state index is 0.108. The molecular weight excluding hydrogens is 450 g/mol. The molecule has 1 aromatic heterocycles. The Morgan fingerprint density at radius 2 is 1.64 bits per heavy atom. The Hall–Kier alpha value is -2.22. The maximum Gasteiger partial charge on any atom is 0.274 e. The standard InChI is InChI=1S/C29H41N5O2/c1-20-17-34(18-21(2)36-20)24-11-14-32(15-12-24)25-8-9-27-26(16-25)28(30-31(27)3)29(35)33-13-10-22-6-4-5-7-23(22)19-33/h4-7,20-21,24-25H,8-19H2,1-3H3/t20-,21+,25?. The van der Waals surface area contributed by atoms with E-state index in [4.69, 9.17) is 9.84 Å². The third-order valence-electron chi connectivity index (χ3n) is 9.03. The van der Waals surface area contributed by atoms with Crippen LogP contribution < -0.4 is 0 Å². The molecule has 7 heteroatoms. The van der Waals surface area contributed by atoms with E-state index in [0.717, 1.165) is 58.4 Å². The summed E-state index contributed by atoms with van der Waals surface area (Å²) >= 11 is 0. The number of piperidine rings is 1. The van der Waals surface area contributed by atoms with Crippen LogP contribution in [0.15, 0.2) is 24.3 Å². The van der Waals surface area contributed by atoms with Crippen molar-refractivity contribution in [1.82, 2.24) is 24.5 Å². The van der Waals surface area contributed by atoms with E-state index < -0.39 is 0 Å². The van der Waals surface area contributed by atoms with E-state index in [1.165, 1.54) is 35.2 Å². The summed E-state index contributed by atoms with van der Waals surface area (Å²) in [5.74, 6) is 0.108. The van der Waals surface area contributed by atoms with Crippen molar-refractivity contribution >= 4 is 5.91 Å². The number of hydrogen-bond donors (Lipinski definition) is 0. The topological polar surface area (TPSA) is 53.8 Å². The molecular formula is C29H41N5O2. The van der Waals surface area contributed by atoms with Crippen molar-refractivity contribution in [3.8, 4) is 0 Å². The van der Waals surface area contributed by atoms with E-state index in [-0.39, 0.29) is 5.91 Å². The summed E-state index contributed by atoms with van der Waals surface area (Å²) < 4.78 is 7.94. The van der Waals surface area contributed by atoms with Gasteiger partial charge in [-0.3, -0.25) is 19.3 Å². The number of amides is 1. The highest BCUT2D eigenvalue weighted by Gasteiger charge is 2.36. The quantitative estimate of drug-likeness (QED) is 0.661. The van der Waals surface area contributed by atoms with Crippen molar-refractivity contribution in [2.24, 2.45) is 7.05 Å². The van der Waals surface area contributed by atoms with Gasteiger partial charge in [0.25, 0.3) is 5.91 Å². The molecule has 0 spiro atoms. The molecule has 2 saturated heterocycles. The summed E-state index contributed by atoms with van der Waals surface area (Å²) in [6.45, 7) is 10.3. The molecule has 1 unspecified atom stereocenters. The van der Waals surface area contributed by atoms with E-state index in [1.807, 2.05) is 16.6 Å². The fraction of sp³-hybridized carbons (Fsp3) is 0.655. The zero-order valence-electron chi connectivity index (χ0n) is 22.2. The Labute approximate surface area is 215 Å². The summed E-state index contributed by atoms with van der Waals surface area (Å²) in [6, 6.07) is 9.69. The molecule has 3 aliphatic heterocycles. The van der Waals surface area contributed by atoms with Gasteiger partial charge in [-0.15, -0.1) is 0 Å². The fourth-order valence-electron chi connectivity index (χ4n) is 7.21. The lowest BCUT2D eigenvalue weighted by atomic mass is 9.88. The van der Waals surface area contributed by atoms with Crippen LogP contribution in [0.5, 0.6) is 0 Å². The molecule has 36 heavy (non-hydrogen) atoms. The van der Waals surface area contributed by atoms with Crippen LogP contribution in [0.1, 0.15) is 66.0 Å². The lowest BCUT2D eigenvalue weighted by Gasteiger charge is -2.45. The molecule has 0 radical (unpaired) electrons. The Balaban J connectivity index is 1.12. The Bertz CT molecular complexity index is 1100. The predicted molar refractivity (Wildman–Crippen MR) is 140 cm³/mol. The molecule has 7 nitrogen and oxygen atoms in total. The molecule has 194 valence electrons. The van der Waals surface area contributed by atoms with Crippen LogP contribution in [-0.4, -0.2) is 87.4 Å². The molecule has 4 heterocycles. The van der Waals surface area contributed by atoms with Crippen molar-refractivity contribution in [3.63, 3.8) is 0 Å². The van der Waals surface area contributed by atoms with Crippen molar-refractivity contribution in [3.05, 3.63) is 52.3 Å². The lowest BCUT2D eigenvalue weighted by Crippen LogP contribution is -2.54. The maximum atomic E-state index is 13.7. The van der Waals surface area contributed by atoms with Gasteiger partial charge in [0.15, 0.2) is 5.69 Å². The van der Waals surface area contributed by atoms with Gasteiger partial charge in [0, 0.05) is 56.6 Å². The number of carbonyl (C=O) groups is 1. The first kappa shape index (κ1) is 24.1. The SMILES string of the molecule is C[C@@H]1CN(C2CCN(C3CCc4c(c(C(=O)N5CCc6ccccc6C5)nn4C)C3)CC2)C[C@H](C)O1. The number of likely N-dealkylation sites (tertiary alicyclic amines) is 1. The first-order valence-corrected chi connectivity index (χ1v) is 14.0. The highest BCUT2D eigenvalue weighted by atomic mass is 16.5. The Kier molecular flexibility index (Phi) is 6.65. The van der Waals surface area contributed by atoms with Crippen molar-refractivity contribution in [1.29, 1.82) is 0 Å². The van der Waals surface area contributed by atoms with Crippen LogP contribution in [0.2, 0.25) is 0 Å². The third kappa shape index (κ3) is 4.61. The van der Waals surface area contributed by atoms with Crippen LogP contribution in [0.25, 0.3) is 0 Å². The normalized spacial score (nSPS) is 28.1. The summed E-state index contributed by atoms with van der Waals surface area (Å²) in [5.41, 5.74) is 5.80. The van der Waals surface area contributed by atoms with Gasteiger partial charge >= 0.3 is 0 Å². The van der Waals surface area contributed by atoms with Crippen LogP contribution in [0.4, 0.5) is 0 Å². The lowest BCUT2D eigenvalue weighted by molar-refractivity contribution is -0.0875. The highest BCUT2D eigenvalue weighted by Crippen LogP contribution is 2.31. The second kappa shape index (κ2) is 9.92. The van der Waals surface area contributed by atoms with Gasteiger partial charge in [-0.05, 0) is 76.6 Å². The van der Waals surface area contributed by atoms with E-state index in [0.29, 0.717) is 36.5 Å². The van der Waals surface area contributed by atoms with E-state index in [9.17, 15) is 4.79 Å². The first-order chi connectivity index (χ1) is 17.5. The van der Waals surface area contributed by atoms with Crippen LogP contribution in [0, 0.1) is 0 Å². The number of aromatic nitrogens is 2. The molecule has 1 aromatic carbocycles.